The van der Waals surface area contributed by atoms with E-state index in [4.69, 9.17) is 4.74 Å². The van der Waals surface area contributed by atoms with Gasteiger partial charge in [0.15, 0.2) is 0 Å². The molecule has 1 heterocycles. The molecule has 0 fully saturated rings. The monoisotopic (exact) mass is 320 g/mol. The number of hydrogen-bond acceptors (Lipinski definition) is 4. The Labute approximate surface area is 133 Å². The van der Waals surface area contributed by atoms with Crippen molar-refractivity contribution in [3.63, 3.8) is 0 Å². The summed E-state index contributed by atoms with van der Waals surface area (Å²) in [6.07, 6.45) is 0.296. The van der Waals surface area contributed by atoms with Crippen molar-refractivity contribution in [1.29, 1.82) is 0 Å². The van der Waals surface area contributed by atoms with Gasteiger partial charge in [0.2, 0.25) is 5.91 Å². The van der Waals surface area contributed by atoms with Crippen molar-refractivity contribution in [1.82, 2.24) is 9.88 Å². The number of methoxy groups -OCH3 is 1. The minimum absolute atomic E-state index is 0.0178. The van der Waals surface area contributed by atoms with Gasteiger partial charge < -0.3 is 14.6 Å². The zero-order valence-corrected chi connectivity index (χ0v) is 13.6. The highest BCUT2D eigenvalue weighted by molar-refractivity contribution is 7.07. The van der Waals surface area contributed by atoms with E-state index in [1.165, 1.54) is 0 Å². The maximum atomic E-state index is 11.9. The Balaban J connectivity index is 1.87. The molecule has 2 rings (SSSR count). The first kappa shape index (κ1) is 16.5. The predicted molar refractivity (Wildman–Crippen MR) is 86.9 cm³/mol. The van der Waals surface area contributed by atoms with Gasteiger partial charge in [-0.1, -0.05) is 35.6 Å². The second-order valence-electron chi connectivity index (χ2n) is 5.02. The molecule has 1 amide bonds. The van der Waals surface area contributed by atoms with Crippen LogP contribution in [0.25, 0.3) is 0 Å². The number of ether oxygens (including phenoxy) is 1. The Hall–Kier alpha value is -1.92. The normalized spacial score (nSPS) is 10.6. The minimum Gasteiger partial charge on any atom is -0.380 e. The number of nitrogens with zero attached hydrogens (tertiary/aromatic N) is 1. The molecule has 0 saturated heterocycles. The van der Waals surface area contributed by atoms with E-state index in [-0.39, 0.29) is 10.8 Å². The lowest BCUT2D eigenvalue weighted by atomic mass is 10.1. The molecule has 0 bridgehead atoms. The van der Waals surface area contributed by atoms with Crippen LogP contribution in [0.3, 0.4) is 0 Å². The van der Waals surface area contributed by atoms with Crippen LogP contribution < -0.4 is 10.2 Å². The van der Waals surface area contributed by atoms with Crippen molar-refractivity contribution in [2.75, 3.05) is 7.11 Å². The Morgan fingerprint density at radius 1 is 1.32 bits per heavy atom. The molecule has 0 aliphatic carbocycles. The van der Waals surface area contributed by atoms with Crippen molar-refractivity contribution in [2.24, 2.45) is 0 Å². The van der Waals surface area contributed by atoms with Crippen molar-refractivity contribution in [3.8, 4) is 0 Å². The Bertz CT molecular complexity index is 691. The number of nitrogens with one attached hydrogen (secondary N) is 1. The van der Waals surface area contributed by atoms with Crippen molar-refractivity contribution in [2.45, 2.75) is 33.0 Å². The van der Waals surface area contributed by atoms with E-state index in [0.29, 0.717) is 26.1 Å². The van der Waals surface area contributed by atoms with Crippen LogP contribution in [-0.2, 0) is 29.2 Å². The molecular weight excluding hydrogens is 300 g/mol. The molecule has 0 saturated carbocycles. The zero-order chi connectivity index (χ0) is 15.9. The van der Waals surface area contributed by atoms with Crippen LogP contribution in [0.1, 0.15) is 23.2 Å². The second kappa shape index (κ2) is 7.91. The van der Waals surface area contributed by atoms with Crippen LogP contribution in [0.15, 0.2) is 34.4 Å². The number of hydrogen-bond donors (Lipinski definition) is 1. The molecule has 1 aromatic heterocycles. The van der Waals surface area contributed by atoms with E-state index in [9.17, 15) is 9.59 Å². The molecule has 1 aromatic carbocycles. The first-order valence-electron chi connectivity index (χ1n) is 7.09. The molecule has 5 nitrogen and oxygen atoms in total. The third-order valence-corrected chi connectivity index (χ3v) is 4.31. The topological polar surface area (TPSA) is 60.3 Å². The van der Waals surface area contributed by atoms with Gasteiger partial charge in [0, 0.05) is 37.7 Å². The fourth-order valence-electron chi connectivity index (χ4n) is 2.20. The largest absolute Gasteiger partial charge is 0.380 e. The second-order valence-corrected chi connectivity index (χ2v) is 5.84. The van der Waals surface area contributed by atoms with Gasteiger partial charge in [-0.3, -0.25) is 9.59 Å². The highest BCUT2D eigenvalue weighted by Gasteiger charge is 2.07. The predicted octanol–water partition coefficient (Wildman–Crippen LogP) is 2.07. The van der Waals surface area contributed by atoms with Crippen LogP contribution >= 0.6 is 11.3 Å². The Morgan fingerprint density at radius 3 is 2.68 bits per heavy atom. The third kappa shape index (κ3) is 4.29. The van der Waals surface area contributed by atoms with Gasteiger partial charge in [0.25, 0.3) is 0 Å². The van der Waals surface area contributed by atoms with Gasteiger partial charge in [0.05, 0.1) is 6.61 Å². The number of aryl methyl sites for hydroxylation is 1. The first-order chi connectivity index (χ1) is 10.6. The van der Waals surface area contributed by atoms with Crippen molar-refractivity contribution < 1.29 is 9.53 Å². The quantitative estimate of drug-likeness (QED) is 0.849. The van der Waals surface area contributed by atoms with Crippen LogP contribution in [0.2, 0.25) is 0 Å². The summed E-state index contributed by atoms with van der Waals surface area (Å²) >= 11 is 1.16. The van der Waals surface area contributed by atoms with E-state index >= 15 is 0 Å². The van der Waals surface area contributed by atoms with Crippen LogP contribution in [-0.4, -0.2) is 17.6 Å². The molecule has 22 heavy (non-hydrogen) atoms. The smallest absolute Gasteiger partial charge is 0.307 e. The minimum atomic E-state index is -0.0651. The summed E-state index contributed by atoms with van der Waals surface area (Å²) in [6.45, 7) is 3.28. The first-order valence-corrected chi connectivity index (χ1v) is 7.97. The van der Waals surface area contributed by atoms with Gasteiger partial charge >= 0.3 is 4.87 Å². The molecule has 2 aromatic rings. The summed E-state index contributed by atoms with van der Waals surface area (Å²) in [6, 6.07) is 7.85. The average Bonchev–Trinajstić information content (AvgIpc) is 2.83. The van der Waals surface area contributed by atoms with Gasteiger partial charge in [-0.2, -0.15) is 0 Å². The summed E-state index contributed by atoms with van der Waals surface area (Å²) in [4.78, 5) is 23.5. The molecule has 1 N–H and O–H groups in total. The standard InChI is InChI=1S/C16H20N2O3S/c1-12-11-22-16(20)18(12)8-7-15(19)17-9-13-5-3-4-6-14(13)10-21-2/h3-6,11H,7-10H2,1-2H3,(H,17,19). The van der Waals surface area contributed by atoms with Crippen LogP contribution in [0.4, 0.5) is 0 Å². The molecule has 118 valence electrons. The number of amides is 1. The summed E-state index contributed by atoms with van der Waals surface area (Å²) in [5.74, 6) is -0.0651. The number of thiazole rings is 1. The highest BCUT2D eigenvalue weighted by Crippen LogP contribution is 2.09. The van der Waals surface area contributed by atoms with E-state index in [1.54, 1.807) is 17.1 Å². The van der Waals surface area contributed by atoms with Crippen molar-refractivity contribution >= 4 is 17.2 Å². The Morgan fingerprint density at radius 2 is 2.05 bits per heavy atom. The molecule has 0 aliphatic rings. The maximum absolute atomic E-state index is 11.9. The van der Waals surface area contributed by atoms with Gasteiger partial charge in [0.1, 0.15) is 0 Å². The molecule has 0 radical (unpaired) electrons. The van der Waals surface area contributed by atoms with E-state index in [0.717, 1.165) is 28.2 Å². The number of carbonyl (C=O) groups is 1. The number of rotatable bonds is 7. The van der Waals surface area contributed by atoms with Crippen LogP contribution in [0.5, 0.6) is 0 Å². The fraction of sp³-hybridized carbons (Fsp3) is 0.375. The maximum Gasteiger partial charge on any atom is 0.307 e. The molecule has 0 aliphatic heterocycles. The summed E-state index contributed by atoms with van der Waals surface area (Å²) in [5.41, 5.74) is 3.00. The van der Waals surface area contributed by atoms with Gasteiger partial charge in [-0.15, -0.1) is 0 Å². The summed E-state index contributed by atoms with van der Waals surface area (Å²) in [7, 11) is 1.65. The van der Waals surface area contributed by atoms with Gasteiger partial charge in [-0.05, 0) is 18.1 Å². The summed E-state index contributed by atoms with van der Waals surface area (Å²) < 4.78 is 6.78. The SMILES string of the molecule is COCc1ccccc1CNC(=O)CCn1c(C)csc1=O. The molecular formula is C16H20N2O3S. The molecule has 6 heteroatoms. The van der Waals surface area contributed by atoms with E-state index in [2.05, 4.69) is 5.32 Å². The van der Waals surface area contributed by atoms with Crippen LogP contribution in [0, 0.1) is 6.92 Å². The zero-order valence-electron chi connectivity index (χ0n) is 12.8. The fourth-order valence-corrected chi connectivity index (χ4v) is 2.96. The Kier molecular flexibility index (Phi) is 5.91. The lowest BCUT2D eigenvalue weighted by Crippen LogP contribution is -2.26. The van der Waals surface area contributed by atoms with Crippen molar-refractivity contribution in [3.05, 3.63) is 56.1 Å². The average molecular weight is 320 g/mol. The van der Waals surface area contributed by atoms with Gasteiger partial charge in [-0.25, -0.2) is 0 Å². The highest BCUT2D eigenvalue weighted by atomic mass is 32.1. The molecule has 0 spiro atoms. The number of benzene rings is 1. The number of carbonyl (C=O) groups excluding carboxylic acids is 1. The third-order valence-electron chi connectivity index (χ3n) is 3.43. The van der Waals surface area contributed by atoms with E-state index in [1.807, 2.05) is 31.2 Å². The lowest BCUT2D eigenvalue weighted by Gasteiger charge is -2.10. The van der Waals surface area contributed by atoms with E-state index < -0.39 is 0 Å². The molecule has 0 atom stereocenters. The lowest BCUT2D eigenvalue weighted by molar-refractivity contribution is -0.121. The molecule has 0 unspecified atom stereocenters. The number of aromatic nitrogens is 1. The summed E-state index contributed by atoms with van der Waals surface area (Å²) in [5, 5.41) is 4.70.